The molecule has 156 valence electrons. The molecule has 0 spiro atoms. The molecule has 0 amide bonds. The lowest BCUT2D eigenvalue weighted by Gasteiger charge is -2.31. The minimum Gasteiger partial charge on any atom is -0.588 e. The molecule has 0 fully saturated rings. The highest BCUT2D eigenvalue weighted by atomic mass is 32.2. The maximum Gasteiger partial charge on any atom is 0.416 e. The summed E-state index contributed by atoms with van der Waals surface area (Å²) >= 11 is -1.89. The summed E-state index contributed by atoms with van der Waals surface area (Å²) in [4.78, 5) is 0.0278. The predicted molar refractivity (Wildman–Crippen MR) is 105 cm³/mol. The van der Waals surface area contributed by atoms with E-state index in [2.05, 4.69) is 0 Å². The fourth-order valence-corrected chi connectivity index (χ4v) is 4.84. The number of hydrogen-bond acceptors (Lipinski definition) is 2. The van der Waals surface area contributed by atoms with Crippen LogP contribution in [0.15, 0.2) is 65.6 Å². The summed E-state index contributed by atoms with van der Waals surface area (Å²) in [6.07, 6.45) is -3.18. The van der Waals surface area contributed by atoms with Crippen molar-refractivity contribution in [1.29, 1.82) is 0 Å². The minimum absolute atomic E-state index is 0.0278. The van der Waals surface area contributed by atoms with Crippen LogP contribution < -0.4 is 4.31 Å². The highest BCUT2D eigenvalue weighted by molar-refractivity contribution is 7.92. The fourth-order valence-electron chi connectivity index (χ4n) is 3.52. The molecule has 1 unspecified atom stereocenters. The molecule has 4 rings (SSSR count). The Morgan fingerprint density at radius 2 is 1.70 bits per heavy atom. The quantitative estimate of drug-likeness (QED) is 0.364. The second-order valence-corrected chi connectivity index (χ2v) is 8.34. The zero-order valence-corrected chi connectivity index (χ0v) is 16.4. The number of anilines is 1. The summed E-state index contributed by atoms with van der Waals surface area (Å²) in [5, 5.41) is 0. The molecule has 0 N–H and O–H groups in total. The van der Waals surface area contributed by atoms with Crippen molar-refractivity contribution in [2.45, 2.75) is 23.9 Å². The summed E-state index contributed by atoms with van der Waals surface area (Å²) in [6.45, 7) is 0.366. The number of rotatable bonds is 3. The normalized spacial score (nSPS) is 15.1. The lowest BCUT2D eigenvalue weighted by Crippen LogP contribution is -2.35. The van der Waals surface area contributed by atoms with Crippen LogP contribution in [0.2, 0.25) is 0 Å². The van der Waals surface area contributed by atoms with Crippen molar-refractivity contribution in [3.05, 3.63) is 83.4 Å². The van der Waals surface area contributed by atoms with Gasteiger partial charge < -0.3 is 4.55 Å². The zero-order chi connectivity index (χ0) is 21.5. The van der Waals surface area contributed by atoms with Gasteiger partial charge in [0.25, 0.3) is 0 Å². The van der Waals surface area contributed by atoms with Crippen molar-refractivity contribution >= 4 is 17.0 Å². The van der Waals surface area contributed by atoms with E-state index in [1.807, 2.05) is 0 Å². The first-order valence-electron chi connectivity index (χ1n) is 9.20. The Kier molecular flexibility index (Phi) is 5.46. The van der Waals surface area contributed by atoms with Gasteiger partial charge >= 0.3 is 6.18 Å². The van der Waals surface area contributed by atoms with Gasteiger partial charge in [-0.1, -0.05) is 30.3 Å². The Bertz CT molecular complexity index is 1090. The summed E-state index contributed by atoms with van der Waals surface area (Å²) in [5.41, 5.74) is 0.980. The first-order chi connectivity index (χ1) is 14.3. The molecule has 0 aromatic heterocycles. The van der Waals surface area contributed by atoms with Gasteiger partial charge in [-0.15, -0.1) is 0 Å². The molecule has 1 aliphatic rings. The smallest absolute Gasteiger partial charge is 0.416 e. The van der Waals surface area contributed by atoms with Crippen LogP contribution in [0.1, 0.15) is 17.5 Å². The monoisotopic (exact) mass is 437 g/mol. The second-order valence-electron chi connectivity index (χ2n) is 6.93. The van der Waals surface area contributed by atoms with Gasteiger partial charge in [0, 0.05) is 11.6 Å². The maximum atomic E-state index is 14.2. The zero-order valence-electron chi connectivity index (χ0n) is 15.5. The van der Waals surface area contributed by atoms with Crippen LogP contribution in [0, 0.1) is 11.6 Å². The van der Waals surface area contributed by atoms with E-state index in [-0.39, 0.29) is 10.5 Å². The Balaban J connectivity index is 1.74. The van der Waals surface area contributed by atoms with Gasteiger partial charge in [0.2, 0.25) is 0 Å². The number of alkyl halides is 3. The van der Waals surface area contributed by atoms with Gasteiger partial charge in [-0.3, -0.25) is 0 Å². The lowest BCUT2D eigenvalue weighted by molar-refractivity contribution is -0.137. The number of fused-ring (bicyclic) bond motifs is 1. The number of benzene rings is 3. The molecule has 0 aliphatic carbocycles. The average molecular weight is 437 g/mol. The van der Waals surface area contributed by atoms with Crippen LogP contribution >= 0.6 is 0 Å². The summed E-state index contributed by atoms with van der Waals surface area (Å²) < 4.78 is 81.7. The summed E-state index contributed by atoms with van der Waals surface area (Å²) in [5.74, 6) is -1.96. The number of hydrogen-bond donors (Lipinski definition) is 0. The van der Waals surface area contributed by atoms with Crippen molar-refractivity contribution in [3.8, 4) is 11.1 Å². The van der Waals surface area contributed by atoms with Gasteiger partial charge in [-0.25, -0.2) is 8.78 Å². The molecule has 2 nitrogen and oxygen atoms in total. The minimum atomic E-state index is -4.54. The molecular formula is C22H16F5NOS. The van der Waals surface area contributed by atoms with Gasteiger partial charge in [0.15, 0.2) is 16.5 Å². The molecule has 3 aromatic rings. The van der Waals surface area contributed by atoms with E-state index in [0.29, 0.717) is 30.6 Å². The Morgan fingerprint density at radius 3 is 2.47 bits per heavy atom. The van der Waals surface area contributed by atoms with Crippen LogP contribution in [0.4, 0.5) is 27.6 Å². The molecular weight excluding hydrogens is 421 g/mol. The van der Waals surface area contributed by atoms with E-state index in [1.165, 1.54) is 28.6 Å². The molecule has 30 heavy (non-hydrogen) atoms. The Hall–Kier alpha value is -2.58. The molecule has 0 radical (unpaired) electrons. The number of nitrogens with zero attached hydrogens (tertiary/aromatic N) is 1. The average Bonchev–Trinajstić information content (AvgIpc) is 2.74. The third-order valence-corrected chi connectivity index (χ3v) is 6.42. The number of aryl methyl sites for hydroxylation is 1. The first-order valence-corrected chi connectivity index (χ1v) is 10.3. The lowest BCUT2D eigenvalue weighted by atomic mass is 9.97. The highest BCUT2D eigenvalue weighted by Gasteiger charge is 2.34. The SMILES string of the molecule is [O-][S+](c1cccc(C(F)(F)F)c1)N1CCCc2ccc(-c3cccc(F)c3F)cc21. The van der Waals surface area contributed by atoms with E-state index in [4.69, 9.17) is 0 Å². The van der Waals surface area contributed by atoms with Gasteiger partial charge in [0.05, 0.1) is 17.8 Å². The topological polar surface area (TPSA) is 26.3 Å². The van der Waals surface area contributed by atoms with Crippen molar-refractivity contribution in [1.82, 2.24) is 0 Å². The molecule has 1 aliphatic heterocycles. The van der Waals surface area contributed by atoms with Crippen LogP contribution in [-0.4, -0.2) is 11.1 Å². The molecule has 8 heteroatoms. The number of halogens is 5. The van der Waals surface area contributed by atoms with E-state index in [1.54, 1.807) is 18.2 Å². The van der Waals surface area contributed by atoms with E-state index >= 15 is 0 Å². The van der Waals surface area contributed by atoms with Crippen molar-refractivity contribution in [2.75, 3.05) is 10.8 Å². The molecule has 0 saturated carbocycles. The van der Waals surface area contributed by atoms with Crippen LogP contribution in [0.5, 0.6) is 0 Å². The third-order valence-electron chi connectivity index (χ3n) is 4.99. The molecule has 1 heterocycles. The maximum absolute atomic E-state index is 14.2. The van der Waals surface area contributed by atoms with Gasteiger partial charge in [0.1, 0.15) is 11.4 Å². The van der Waals surface area contributed by atoms with Crippen molar-refractivity contribution in [3.63, 3.8) is 0 Å². The van der Waals surface area contributed by atoms with Crippen molar-refractivity contribution in [2.24, 2.45) is 0 Å². The highest BCUT2D eigenvalue weighted by Crippen LogP contribution is 2.37. The van der Waals surface area contributed by atoms with Crippen molar-refractivity contribution < 1.29 is 26.5 Å². The molecule has 3 aromatic carbocycles. The standard InChI is InChI=1S/C22H16F5NOS/c23-19-8-2-7-18(21(19)24)15-10-9-14-4-3-11-28(20(14)12-15)30(29)17-6-1-5-16(13-17)22(25,26)27/h1-2,5-10,12-13H,3-4,11H2. The molecule has 1 atom stereocenters. The van der Waals surface area contributed by atoms with E-state index in [9.17, 15) is 26.5 Å². The first kappa shape index (κ1) is 20.7. The fraction of sp³-hybridized carbons (Fsp3) is 0.182. The predicted octanol–water partition coefficient (Wildman–Crippen LogP) is 6.13. The van der Waals surface area contributed by atoms with Crippen LogP contribution in [0.25, 0.3) is 11.1 Å². The van der Waals surface area contributed by atoms with Gasteiger partial charge in [-0.2, -0.15) is 17.5 Å². The molecule has 0 saturated heterocycles. The largest absolute Gasteiger partial charge is 0.588 e. The van der Waals surface area contributed by atoms with Gasteiger partial charge in [-0.05, 0) is 48.2 Å². The van der Waals surface area contributed by atoms with E-state index in [0.717, 1.165) is 23.8 Å². The van der Waals surface area contributed by atoms with Crippen LogP contribution in [-0.2, 0) is 24.0 Å². The molecule has 0 bridgehead atoms. The summed E-state index contributed by atoms with van der Waals surface area (Å²) in [7, 11) is 0. The third kappa shape index (κ3) is 3.89. The summed E-state index contributed by atoms with van der Waals surface area (Å²) in [6, 6.07) is 13.3. The van der Waals surface area contributed by atoms with Crippen LogP contribution in [0.3, 0.4) is 0 Å². The second kappa shape index (κ2) is 7.92. The van der Waals surface area contributed by atoms with E-state index < -0.39 is 34.7 Å². The Labute approximate surface area is 173 Å². The Morgan fingerprint density at radius 1 is 0.933 bits per heavy atom.